The number of carbonyl (C=O) groups excluding carboxylic acids is 2. The molecule has 0 spiro atoms. The lowest BCUT2D eigenvalue weighted by atomic mass is 10.0. The molecule has 27 heavy (non-hydrogen) atoms. The Labute approximate surface area is 159 Å². The largest absolute Gasteiger partial charge is 0.342 e. The molecule has 0 radical (unpaired) electrons. The van der Waals surface area contributed by atoms with Crippen molar-refractivity contribution in [3.05, 3.63) is 42.0 Å². The van der Waals surface area contributed by atoms with Crippen LogP contribution in [0.15, 0.2) is 30.7 Å². The lowest BCUT2D eigenvalue weighted by molar-refractivity contribution is -0.138. The summed E-state index contributed by atoms with van der Waals surface area (Å²) >= 11 is 0. The second-order valence-electron chi connectivity index (χ2n) is 6.85. The molecular formula is C20H25N5O2. The van der Waals surface area contributed by atoms with Crippen molar-refractivity contribution in [3.63, 3.8) is 0 Å². The van der Waals surface area contributed by atoms with Crippen molar-refractivity contribution in [2.75, 3.05) is 20.1 Å². The molecule has 1 atom stereocenters. The van der Waals surface area contributed by atoms with Crippen molar-refractivity contribution in [2.24, 2.45) is 0 Å². The highest BCUT2D eigenvalue weighted by Gasteiger charge is 2.36. The Bertz CT molecular complexity index is 824. The SMILES string of the molecule is CCCC[C@@H]1C(=O)N(C)CCN1C(=O)c1cnc(-c2cccnc2)nc1C. The first kappa shape index (κ1) is 18.9. The van der Waals surface area contributed by atoms with Crippen LogP contribution in [0.2, 0.25) is 0 Å². The van der Waals surface area contributed by atoms with Crippen LogP contribution in [0.4, 0.5) is 0 Å². The lowest BCUT2D eigenvalue weighted by Crippen LogP contribution is -2.57. The summed E-state index contributed by atoms with van der Waals surface area (Å²) < 4.78 is 0. The van der Waals surface area contributed by atoms with Crippen LogP contribution in [0.3, 0.4) is 0 Å². The summed E-state index contributed by atoms with van der Waals surface area (Å²) in [7, 11) is 1.79. The minimum atomic E-state index is -0.409. The second-order valence-corrected chi connectivity index (χ2v) is 6.85. The van der Waals surface area contributed by atoms with Crippen molar-refractivity contribution < 1.29 is 9.59 Å². The van der Waals surface area contributed by atoms with Crippen molar-refractivity contribution in [1.29, 1.82) is 0 Å². The van der Waals surface area contributed by atoms with Crippen molar-refractivity contribution in [2.45, 2.75) is 39.2 Å². The quantitative estimate of drug-likeness (QED) is 0.810. The van der Waals surface area contributed by atoms with E-state index < -0.39 is 6.04 Å². The first-order valence-corrected chi connectivity index (χ1v) is 9.33. The molecule has 7 nitrogen and oxygen atoms in total. The first-order valence-electron chi connectivity index (χ1n) is 9.33. The molecular weight excluding hydrogens is 342 g/mol. The van der Waals surface area contributed by atoms with Gasteiger partial charge in [-0.25, -0.2) is 9.97 Å². The minimum absolute atomic E-state index is 0.00796. The third-order valence-electron chi connectivity index (χ3n) is 4.94. The predicted octanol–water partition coefficient (Wildman–Crippen LogP) is 2.32. The number of likely N-dealkylation sites (N-methyl/N-ethyl adjacent to an activating group) is 1. The highest BCUT2D eigenvalue weighted by molar-refractivity contribution is 5.98. The summed E-state index contributed by atoms with van der Waals surface area (Å²) in [5, 5.41) is 0. The first-order chi connectivity index (χ1) is 13.0. The van der Waals surface area contributed by atoms with Crippen LogP contribution in [0.25, 0.3) is 11.4 Å². The fourth-order valence-corrected chi connectivity index (χ4v) is 3.30. The number of hydrogen-bond acceptors (Lipinski definition) is 5. The van der Waals surface area contributed by atoms with Gasteiger partial charge in [0.1, 0.15) is 6.04 Å². The maximum Gasteiger partial charge on any atom is 0.258 e. The maximum atomic E-state index is 13.2. The van der Waals surface area contributed by atoms with E-state index in [0.717, 1.165) is 18.4 Å². The average Bonchev–Trinajstić information content (AvgIpc) is 2.69. The van der Waals surface area contributed by atoms with Crippen LogP contribution in [0, 0.1) is 6.92 Å². The van der Waals surface area contributed by atoms with E-state index in [1.54, 1.807) is 42.4 Å². The van der Waals surface area contributed by atoms with E-state index in [9.17, 15) is 9.59 Å². The summed E-state index contributed by atoms with van der Waals surface area (Å²) in [6, 6.07) is 3.29. The Morgan fingerprint density at radius 3 is 2.78 bits per heavy atom. The summed E-state index contributed by atoms with van der Waals surface area (Å²) in [4.78, 5) is 42.1. The number of carbonyl (C=O) groups is 2. The van der Waals surface area contributed by atoms with E-state index in [1.807, 2.05) is 12.1 Å². The molecule has 0 aromatic carbocycles. The second kappa shape index (κ2) is 8.24. The Morgan fingerprint density at radius 2 is 2.11 bits per heavy atom. The van der Waals surface area contributed by atoms with Gasteiger partial charge in [0, 0.05) is 44.3 Å². The number of piperazine rings is 1. The molecule has 3 rings (SSSR count). The standard InChI is InChI=1S/C20H25N5O2/c1-4-5-8-17-20(27)24(3)10-11-25(17)19(26)16-13-22-18(23-14(16)2)15-7-6-9-21-12-15/h6-7,9,12-13,17H,4-5,8,10-11H2,1-3H3/t17-/m1/s1. The van der Waals surface area contributed by atoms with Crippen molar-refractivity contribution >= 4 is 11.8 Å². The van der Waals surface area contributed by atoms with Gasteiger partial charge in [-0.15, -0.1) is 0 Å². The summed E-state index contributed by atoms with van der Waals surface area (Å²) in [6.07, 6.45) is 7.51. The summed E-state index contributed by atoms with van der Waals surface area (Å²) in [6.45, 7) is 4.95. The zero-order valence-electron chi connectivity index (χ0n) is 16.1. The molecule has 2 aromatic rings. The molecule has 0 aliphatic carbocycles. The van der Waals surface area contributed by atoms with Crippen LogP contribution < -0.4 is 0 Å². The lowest BCUT2D eigenvalue weighted by Gasteiger charge is -2.39. The highest BCUT2D eigenvalue weighted by Crippen LogP contribution is 2.21. The Hall–Kier alpha value is -2.83. The van der Waals surface area contributed by atoms with Gasteiger partial charge in [0.2, 0.25) is 5.91 Å². The van der Waals surface area contributed by atoms with E-state index in [4.69, 9.17) is 0 Å². The number of rotatable bonds is 5. The molecule has 0 N–H and O–H groups in total. The van der Waals surface area contributed by atoms with Gasteiger partial charge in [0.15, 0.2) is 5.82 Å². The normalized spacial score (nSPS) is 17.3. The molecule has 1 aliphatic rings. The topological polar surface area (TPSA) is 79.3 Å². The Morgan fingerprint density at radius 1 is 1.30 bits per heavy atom. The molecule has 0 saturated carbocycles. The molecule has 2 aromatic heterocycles. The van der Waals surface area contributed by atoms with E-state index in [2.05, 4.69) is 21.9 Å². The number of hydrogen-bond donors (Lipinski definition) is 0. The molecule has 7 heteroatoms. The molecule has 0 bridgehead atoms. The smallest absolute Gasteiger partial charge is 0.258 e. The molecule has 142 valence electrons. The van der Waals surface area contributed by atoms with Gasteiger partial charge in [-0.3, -0.25) is 14.6 Å². The number of nitrogens with zero attached hydrogens (tertiary/aromatic N) is 5. The molecule has 0 unspecified atom stereocenters. The summed E-state index contributed by atoms with van der Waals surface area (Å²) in [5.41, 5.74) is 1.85. The van der Waals surface area contributed by atoms with Gasteiger partial charge in [0.05, 0.1) is 11.3 Å². The third kappa shape index (κ3) is 3.97. The van der Waals surface area contributed by atoms with Crippen LogP contribution in [0.5, 0.6) is 0 Å². The molecule has 1 saturated heterocycles. The van der Waals surface area contributed by atoms with Crippen LogP contribution in [0.1, 0.15) is 42.2 Å². The predicted molar refractivity (Wildman–Crippen MR) is 102 cm³/mol. The van der Waals surface area contributed by atoms with Gasteiger partial charge < -0.3 is 9.80 Å². The fourth-order valence-electron chi connectivity index (χ4n) is 3.30. The number of unbranched alkanes of at least 4 members (excludes halogenated alkanes) is 1. The molecule has 1 fully saturated rings. The van der Waals surface area contributed by atoms with E-state index in [0.29, 0.717) is 36.6 Å². The third-order valence-corrected chi connectivity index (χ3v) is 4.94. The van der Waals surface area contributed by atoms with Crippen LogP contribution in [-0.2, 0) is 4.79 Å². The van der Waals surface area contributed by atoms with E-state index in [1.165, 1.54) is 0 Å². The maximum absolute atomic E-state index is 13.2. The number of aryl methyl sites for hydroxylation is 1. The van der Waals surface area contributed by atoms with E-state index in [-0.39, 0.29) is 11.8 Å². The van der Waals surface area contributed by atoms with Crippen molar-refractivity contribution in [1.82, 2.24) is 24.8 Å². The molecule has 3 heterocycles. The van der Waals surface area contributed by atoms with Crippen molar-refractivity contribution in [3.8, 4) is 11.4 Å². The monoisotopic (exact) mass is 367 g/mol. The van der Waals surface area contributed by atoms with Gasteiger partial charge in [0.25, 0.3) is 5.91 Å². The van der Waals surface area contributed by atoms with Crippen LogP contribution in [-0.4, -0.2) is 62.7 Å². The summed E-state index contributed by atoms with van der Waals surface area (Å²) in [5.74, 6) is 0.371. The van der Waals surface area contributed by atoms with Gasteiger partial charge >= 0.3 is 0 Å². The zero-order valence-corrected chi connectivity index (χ0v) is 16.1. The number of pyridine rings is 1. The van der Waals surface area contributed by atoms with Gasteiger partial charge in [-0.1, -0.05) is 19.8 Å². The van der Waals surface area contributed by atoms with E-state index >= 15 is 0 Å². The van der Waals surface area contributed by atoms with Gasteiger partial charge in [-0.2, -0.15) is 0 Å². The number of aromatic nitrogens is 3. The molecule has 2 amide bonds. The highest BCUT2D eigenvalue weighted by atomic mass is 16.2. The molecule has 1 aliphatic heterocycles. The van der Waals surface area contributed by atoms with Crippen LogP contribution >= 0.6 is 0 Å². The Balaban J connectivity index is 1.86. The number of amides is 2. The zero-order chi connectivity index (χ0) is 19.4. The van der Waals surface area contributed by atoms with Gasteiger partial charge in [-0.05, 0) is 25.5 Å². The fraction of sp³-hybridized carbons (Fsp3) is 0.450. The average molecular weight is 367 g/mol. The Kier molecular flexibility index (Phi) is 5.78. The minimum Gasteiger partial charge on any atom is -0.342 e.